The van der Waals surface area contributed by atoms with Crippen LogP contribution in [0.5, 0.6) is 5.75 Å². The van der Waals surface area contributed by atoms with E-state index in [4.69, 9.17) is 9.26 Å². The second-order valence-electron chi connectivity index (χ2n) is 7.41. The van der Waals surface area contributed by atoms with Crippen LogP contribution in [-0.2, 0) is 10.2 Å². The smallest absolute Gasteiger partial charge is 0.262 e. The van der Waals surface area contributed by atoms with Crippen LogP contribution in [-0.4, -0.2) is 22.7 Å². The fourth-order valence-electron chi connectivity index (χ4n) is 2.63. The molecule has 134 valence electrons. The summed E-state index contributed by atoms with van der Waals surface area (Å²) in [5.41, 5.74) is 1.58. The minimum atomic E-state index is -0.149. The number of hydrogen-bond donors (Lipinski definition) is 2. The van der Waals surface area contributed by atoms with E-state index in [2.05, 4.69) is 20.8 Å². The molecule has 0 fully saturated rings. The van der Waals surface area contributed by atoms with Crippen LogP contribution < -0.4 is 15.4 Å². The Bertz CT molecular complexity index is 779. The van der Waals surface area contributed by atoms with Gasteiger partial charge < -0.3 is 14.6 Å². The van der Waals surface area contributed by atoms with Crippen LogP contribution in [0.4, 0.5) is 5.69 Å². The Morgan fingerprint density at radius 1 is 1.24 bits per heavy atom. The molecule has 1 aromatic heterocycles. The number of carbonyl (C=O) groups excluding carboxylic acids is 1. The maximum absolute atomic E-state index is 11.5. The van der Waals surface area contributed by atoms with Crippen LogP contribution in [0.25, 0.3) is 0 Å². The van der Waals surface area contributed by atoms with Gasteiger partial charge in [0.05, 0.1) is 11.7 Å². The molecule has 7 heteroatoms. The van der Waals surface area contributed by atoms with Gasteiger partial charge in [-0.25, -0.2) is 0 Å². The third-order valence-corrected chi connectivity index (χ3v) is 4.12. The zero-order chi connectivity index (χ0) is 18.2. The summed E-state index contributed by atoms with van der Waals surface area (Å²) in [5, 5.41) is 10.3. The number of nitrogens with one attached hydrogen (secondary N) is 2. The topological polar surface area (TPSA) is 89.3 Å². The highest BCUT2D eigenvalue weighted by Gasteiger charge is 2.24. The Balaban J connectivity index is 1.71. The summed E-state index contributed by atoms with van der Waals surface area (Å²) in [5.74, 6) is 1.80. The van der Waals surface area contributed by atoms with Gasteiger partial charge in [-0.1, -0.05) is 32.0 Å². The fraction of sp³-hybridized carbons (Fsp3) is 0.500. The predicted octanol–water partition coefficient (Wildman–Crippen LogP) is 3.11. The number of fused-ring (bicyclic) bond motifs is 1. The molecule has 2 atom stereocenters. The minimum absolute atomic E-state index is 0.0316. The molecule has 0 saturated heterocycles. The predicted molar refractivity (Wildman–Crippen MR) is 93.5 cm³/mol. The van der Waals surface area contributed by atoms with Gasteiger partial charge in [-0.05, 0) is 31.5 Å². The molecule has 1 aliphatic heterocycles. The van der Waals surface area contributed by atoms with E-state index in [-0.39, 0.29) is 30.0 Å². The summed E-state index contributed by atoms with van der Waals surface area (Å²) >= 11 is 0. The zero-order valence-electron chi connectivity index (χ0n) is 15.2. The maximum Gasteiger partial charge on any atom is 0.262 e. The molecule has 0 saturated carbocycles. The van der Waals surface area contributed by atoms with Gasteiger partial charge in [-0.3, -0.25) is 10.1 Å². The third-order valence-electron chi connectivity index (χ3n) is 4.12. The van der Waals surface area contributed by atoms with Crippen LogP contribution >= 0.6 is 0 Å². The van der Waals surface area contributed by atoms with Crippen molar-refractivity contribution in [3.8, 4) is 5.75 Å². The molecule has 1 aromatic carbocycles. The molecule has 0 bridgehead atoms. The number of hydrogen-bond acceptors (Lipinski definition) is 6. The average Bonchev–Trinajstić information content (AvgIpc) is 3.04. The van der Waals surface area contributed by atoms with Crippen LogP contribution in [0.3, 0.4) is 0 Å². The monoisotopic (exact) mass is 344 g/mol. The van der Waals surface area contributed by atoms with E-state index in [1.54, 1.807) is 0 Å². The molecule has 25 heavy (non-hydrogen) atoms. The Labute approximate surface area is 147 Å². The molecular formula is C18H24N4O3. The lowest BCUT2D eigenvalue weighted by Gasteiger charge is -2.22. The SMILES string of the molecule is C[C@H](N[C@@H](C)c1nc(C(C)(C)C)no1)c1ccc2c(c1)NC(=O)CO2. The van der Waals surface area contributed by atoms with Gasteiger partial charge in [0.25, 0.3) is 5.91 Å². The highest BCUT2D eigenvalue weighted by Crippen LogP contribution is 2.31. The van der Waals surface area contributed by atoms with E-state index in [0.717, 1.165) is 5.56 Å². The van der Waals surface area contributed by atoms with Crippen LogP contribution in [0.15, 0.2) is 22.7 Å². The van der Waals surface area contributed by atoms with Gasteiger partial charge in [-0.15, -0.1) is 0 Å². The van der Waals surface area contributed by atoms with Gasteiger partial charge >= 0.3 is 0 Å². The number of amides is 1. The lowest BCUT2D eigenvalue weighted by atomic mass is 9.96. The van der Waals surface area contributed by atoms with Crippen LogP contribution in [0.2, 0.25) is 0 Å². The molecule has 0 unspecified atom stereocenters. The molecule has 2 heterocycles. The largest absolute Gasteiger partial charge is 0.482 e. The average molecular weight is 344 g/mol. The molecule has 7 nitrogen and oxygen atoms in total. The molecule has 0 radical (unpaired) electrons. The summed E-state index contributed by atoms with van der Waals surface area (Å²) < 4.78 is 10.8. The van der Waals surface area contributed by atoms with Gasteiger partial charge in [-0.2, -0.15) is 4.98 Å². The first-order chi connectivity index (χ1) is 11.7. The van der Waals surface area contributed by atoms with Crippen molar-refractivity contribution >= 4 is 11.6 Å². The van der Waals surface area contributed by atoms with E-state index in [0.29, 0.717) is 23.2 Å². The Morgan fingerprint density at radius 3 is 2.68 bits per heavy atom. The van der Waals surface area contributed by atoms with Crippen molar-refractivity contribution < 1.29 is 14.1 Å². The molecule has 0 aliphatic carbocycles. The summed E-state index contributed by atoms with van der Waals surface area (Å²) in [7, 11) is 0. The first-order valence-corrected chi connectivity index (χ1v) is 8.41. The first-order valence-electron chi connectivity index (χ1n) is 8.41. The number of ether oxygens (including phenoxy) is 1. The quantitative estimate of drug-likeness (QED) is 0.886. The fourth-order valence-corrected chi connectivity index (χ4v) is 2.63. The standard InChI is InChI=1S/C18H24N4O3/c1-10(12-6-7-14-13(8-12)20-15(23)9-24-14)19-11(2)16-21-17(22-25-16)18(3,4)5/h6-8,10-11,19H,9H2,1-5H3,(H,20,23)/t10-,11-/m0/s1. The number of anilines is 1. The highest BCUT2D eigenvalue weighted by atomic mass is 16.5. The van der Waals surface area contributed by atoms with Crippen molar-refractivity contribution in [2.45, 2.75) is 52.1 Å². The molecular weight excluding hydrogens is 320 g/mol. The van der Waals surface area contributed by atoms with Crippen molar-refractivity contribution in [2.75, 3.05) is 11.9 Å². The first kappa shape index (κ1) is 17.4. The number of rotatable bonds is 4. The number of benzene rings is 1. The molecule has 3 rings (SSSR count). The second kappa shape index (κ2) is 6.48. The lowest BCUT2D eigenvalue weighted by molar-refractivity contribution is -0.118. The number of carbonyl (C=O) groups is 1. The summed E-state index contributed by atoms with van der Waals surface area (Å²) in [6, 6.07) is 5.71. The van der Waals surface area contributed by atoms with Crippen molar-refractivity contribution in [1.29, 1.82) is 0 Å². The Morgan fingerprint density at radius 2 is 2.00 bits per heavy atom. The second-order valence-corrected chi connectivity index (χ2v) is 7.41. The van der Waals surface area contributed by atoms with Crippen LogP contribution in [0, 0.1) is 0 Å². The minimum Gasteiger partial charge on any atom is -0.482 e. The lowest BCUT2D eigenvalue weighted by Crippen LogP contribution is -2.26. The van der Waals surface area contributed by atoms with E-state index in [1.807, 2.05) is 52.8 Å². The summed E-state index contributed by atoms with van der Waals surface area (Å²) in [6.45, 7) is 10.2. The normalized spacial score (nSPS) is 16.6. The molecule has 2 aromatic rings. The maximum atomic E-state index is 11.5. The van der Waals surface area contributed by atoms with E-state index >= 15 is 0 Å². The summed E-state index contributed by atoms with van der Waals surface area (Å²) in [4.78, 5) is 16.0. The zero-order valence-corrected chi connectivity index (χ0v) is 15.2. The highest BCUT2D eigenvalue weighted by molar-refractivity contribution is 5.95. The van der Waals surface area contributed by atoms with Crippen molar-refractivity contribution in [1.82, 2.24) is 15.5 Å². The van der Waals surface area contributed by atoms with Gasteiger partial charge in [0.15, 0.2) is 12.4 Å². The number of aromatic nitrogens is 2. The Kier molecular flexibility index (Phi) is 4.51. The summed E-state index contributed by atoms with van der Waals surface area (Å²) in [6.07, 6.45) is 0. The van der Waals surface area contributed by atoms with Gasteiger partial charge in [0.1, 0.15) is 5.75 Å². The van der Waals surface area contributed by atoms with E-state index in [9.17, 15) is 4.79 Å². The van der Waals surface area contributed by atoms with E-state index in [1.165, 1.54) is 0 Å². The van der Waals surface area contributed by atoms with Crippen molar-refractivity contribution in [2.24, 2.45) is 0 Å². The van der Waals surface area contributed by atoms with Crippen molar-refractivity contribution in [3.05, 3.63) is 35.5 Å². The molecule has 0 spiro atoms. The van der Waals surface area contributed by atoms with E-state index < -0.39 is 0 Å². The van der Waals surface area contributed by atoms with Crippen LogP contribution in [0.1, 0.15) is 64.0 Å². The Hall–Kier alpha value is -2.41. The molecule has 1 aliphatic rings. The van der Waals surface area contributed by atoms with Crippen molar-refractivity contribution in [3.63, 3.8) is 0 Å². The molecule has 2 N–H and O–H groups in total. The molecule has 1 amide bonds. The van der Waals surface area contributed by atoms with Gasteiger partial charge in [0.2, 0.25) is 5.89 Å². The number of nitrogens with zero attached hydrogens (tertiary/aromatic N) is 2. The van der Waals surface area contributed by atoms with Gasteiger partial charge in [0, 0.05) is 11.5 Å². The third kappa shape index (κ3) is 3.82.